The van der Waals surface area contributed by atoms with Crippen molar-refractivity contribution in [2.24, 2.45) is 0 Å². The third-order valence-electron chi connectivity index (χ3n) is 3.45. The van der Waals surface area contributed by atoms with Crippen molar-refractivity contribution in [1.82, 2.24) is 29.7 Å². The lowest BCUT2D eigenvalue weighted by molar-refractivity contribution is 1.02. The maximum absolute atomic E-state index is 4.34. The molecule has 4 rings (SSSR count). The number of rotatable bonds is 4. The zero-order valence-corrected chi connectivity index (χ0v) is 13.1. The topological polar surface area (TPSA) is 84.3 Å². The second-order valence-corrected chi connectivity index (χ2v) is 5.62. The summed E-state index contributed by atoms with van der Waals surface area (Å²) in [5.74, 6) is 0.739. The zero-order chi connectivity index (χ0) is 15.6. The third-order valence-corrected chi connectivity index (χ3v) is 4.13. The molecule has 0 bridgehead atoms. The van der Waals surface area contributed by atoms with Gasteiger partial charge < -0.3 is 9.88 Å². The molecular weight excluding hydrogens is 310 g/mol. The van der Waals surface area contributed by atoms with Gasteiger partial charge in [-0.05, 0) is 30.5 Å². The number of hydrogen-bond donors (Lipinski definition) is 2. The molecule has 0 saturated carbocycles. The predicted molar refractivity (Wildman–Crippen MR) is 90.3 cm³/mol. The Morgan fingerprint density at radius 1 is 1.17 bits per heavy atom. The van der Waals surface area contributed by atoms with E-state index in [9.17, 15) is 0 Å². The second kappa shape index (κ2) is 5.73. The van der Waals surface area contributed by atoms with E-state index in [1.165, 1.54) is 6.33 Å². The fourth-order valence-electron chi connectivity index (χ4n) is 2.34. The van der Waals surface area contributed by atoms with Gasteiger partial charge in [0.05, 0.1) is 11.7 Å². The minimum atomic E-state index is 0.724. The van der Waals surface area contributed by atoms with Crippen LogP contribution in [-0.4, -0.2) is 36.0 Å². The molecule has 3 aromatic heterocycles. The first kappa shape index (κ1) is 13.8. The maximum atomic E-state index is 4.34. The summed E-state index contributed by atoms with van der Waals surface area (Å²) in [4.78, 5) is 12.6. The molecule has 2 N–H and O–H groups in total. The van der Waals surface area contributed by atoms with Crippen LogP contribution in [0.1, 0.15) is 0 Å². The molecule has 0 amide bonds. The van der Waals surface area contributed by atoms with Crippen molar-refractivity contribution < 1.29 is 0 Å². The van der Waals surface area contributed by atoms with Crippen LogP contribution >= 0.6 is 11.8 Å². The number of imidazole rings is 1. The van der Waals surface area contributed by atoms with E-state index in [0.29, 0.717) is 0 Å². The fourth-order valence-corrected chi connectivity index (χ4v) is 2.87. The molecule has 0 radical (unpaired) electrons. The Balaban J connectivity index is 1.67. The van der Waals surface area contributed by atoms with Crippen molar-refractivity contribution in [2.75, 3.05) is 11.6 Å². The number of anilines is 2. The van der Waals surface area contributed by atoms with Gasteiger partial charge in [0.1, 0.15) is 17.2 Å². The van der Waals surface area contributed by atoms with Crippen LogP contribution in [0.25, 0.3) is 16.7 Å². The Hall–Kier alpha value is -2.87. The number of aromatic amines is 1. The van der Waals surface area contributed by atoms with Gasteiger partial charge in [-0.15, -0.1) is 11.8 Å². The van der Waals surface area contributed by atoms with Crippen LogP contribution < -0.4 is 5.32 Å². The quantitative estimate of drug-likeness (QED) is 0.562. The van der Waals surface area contributed by atoms with Gasteiger partial charge in [0, 0.05) is 23.8 Å². The van der Waals surface area contributed by atoms with Crippen LogP contribution in [0.15, 0.2) is 54.3 Å². The molecule has 23 heavy (non-hydrogen) atoms. The minimum absolute atomic E-state index is 0.724. The van der Waals surface area contributed by atoms with E-state index in [1.807, 2.05) is 41.3 Å². The average Bonchev–Trinajstić information content (AvgIpc) is 3.25. The highest BCUT2D eigenvalue weighted by Crippen LogP contribution is 2.29. The third kappa shape index (κ3) is 2.53. The number of thioether (sulfide) groups is 1. The van der Waals surface area contributed by atoms with E-state index < -0.39 is 0 Å². The molecule has 7 nitrogen and oxygen atoms in total. The highest BCUT2D eigenvalue weighted by Gasteiger charge is 2.12. The van der Waals surface area contributed by atoms with Crippen LogP contribution in [0, 0.1) is 0 Å². The summed E-state index contributed by atoms with van der Waals surface area (Å²) in [6.45, 7) is 0. The zero-order valence-electron chi connectivity index (χ0n) is 12.3. The predicted octanol–water partition coefficient (Wildman–Crippen LogP) is 3.00. The van der Waals surface area contributed by atoms with Crippen LogP contribution in [0.4, 0.5) is 11.5 Å². The van der Waals surface area contributed by atoms with Crippen molar-refractivity contribution in [3.63, 3.8) is 0 Å². The Kier molecular flexibility index (Phi) is 3.43. The van der Waals surface area contributed by atoms with Gasteiger partial charge in [-0.25, -0.2) is 15.0 Å². The van der Waals surface area contributed by atoms with E-state index in [2.05, 4.69) is 30.5 Å². The van der Waals surface area contributed by atoms with E-state index in [1.54, 1.807) is 24.3 Å². The standard InChI is InChI=1S/C15H13N7S/c1-23-15-12-13(17-8-18-14(12)20-21-15)19-10-2-4-11(5-3-10)22-7-6-16-9-22/h2-9H,1H3,(H2,17,18,19,20,21). The molecule has 0 saturated heterocycles. The Morgan fingerprint density at radius 2 is 2.04 bits per heavy atom. The van der Waals surface area contributed by atoms with Gasteiger partial charge in [0.25, 0.3) is 0 Å². The van der Waals surface area contributed by atoms with Crippen LogP contribution in [-0.2, 0) is 0 Å². The molecule has 0 atom stereocenters. The molecule has 0 fully saturated rings. The number of nitrogens with one attached hydrogen (secondary N) is 2. The fraction of sp³-hybridized carbons (Fsp3) is 0.0667. The lowest BCUT2D eigenvalue weighted by Gasteiger charge is -2.08. The Morgan fingerprint density at radius 3 is 2.78 bits per heavy atom. The monoisotopic (exact) mass is 323 g/mol. The smallest absolute Gasteiger partial charge is 0.161 e. The number of hydrogen-bond acceptors (Lipinski definition) is 6. The molecule has 0 aliphatic carbocycles. The lowest BCUT2D eigenvalue weighted by atomic mass is 10.2. The van der Waals surface area contributed by atoms with Crippen LogP contribution in [0.5, 0.6) is 0 Å². The summed E-state index contributed by atoms with van der Waals surface area (Å²) in [6, 6.07) is 8.05. The molecule has 0 aliphatic heterocycles. The number of fused-ring (bicyclic) bond motifs is 1. The van der Waals surface area contributed by atoms with Gasteiger partial charge in [0.2, 0.25) is 0 Å². The molecule has 0 spiro atoms. The minimum Gasteiger partial charge on any atom is -0.339 e. The van der Waals surface area contributed by atoms with Crippen molar-refractivity contribution in [3.05, 3.63) is 49.3 Å². The highest BCUT2D eigenvalue weighted by atomic mass is 32.2. The van der Waals surface area contributed by atoms with Crippen LogP contribution in [0.3, 0.4) is 0 Å². The number of benzene rings is 1. The number of nitrogens with zero attached hydrogens (tertiary/aromatic N) is 5. The van der Waals surface area contributed by atoms with Gasteiger partial charge >= 0.3 is 0 Å². The van der Waals surface area contributed by atoms with Crippen LogP contribution in [0.2, 0.25) is 0 Å². The Labute approximate surface area is 136 Å². The SMILES string of the molecule is CSc1n[nH]c2ncnc(Nc3ccc(-n4ccnc4)cc3)c12. The molecule has 4 aromatic rings. The van der Waals surface area contributed by atoms with Crippen molar-refractivity contribution >= 4 is 34.3 Å². The molecule has 8 heteroatoms. The summed E-state index contributed by atoms with van der Waals surface area (Å²) in [5.41, 5.74) is 2.72. The largest absolute Gasteiger partial charge is 0.339 e. The van der Waals surface area contributed by atoms with E-state index >= 15 is 0 Å². The van der Waals surface area contributed by atoms with Crippen molar-refractivity contribution in [3.8, 4) is 5.69 Å². The summed E-state index contributed by atoms with van der Waals surface area (Å²) in [6.07, 6.45) is 8.94. The van der Waals surface area contributed by atoms with Gasteiger partial charge in [-0.3, -0.25) is 5.10 Å². The van der Waals surface area contributed by atoms with E-state index in [4.69, 9.17) is 0 Å². The molecule has 0 aliphatic rings. The molecule has 114 valence electrons. The van der Waals surface area contributed by atoms with E-state index in [-0.39, 0.29) is 0 Å². The number of H-pyrrole nitrogens is 1. The van der Waals surface area contributed by atoms with Crippen molar-refractivity contribution in [1.29, 1.82) is 0 Å². The molecule has 1 aromatic carbocycles. The first-order valence-corrected chi connectivity index (χ1v) is 8.16. The number of aromatic nitrogens is 6. The van der Waals surface area contributed by atoms with Gasteiger partial charge in [0.15, 0.2) is 5.65 Å². The average molecular weight is 323 g/mol. The molecule has 0 unspecified atom stereocenters. The summed E-state index contributed by atoms with van der Waals surface area (Å²) >= 11 is 1.56. The maximum Gasteiger partial charge on any atom is 0.161 e. The van der Waals surface area contributed by atoms with E-state index in [0.717, 1.165) is 33.3 Å². The first-order chi connectivity index (χ1) is 11.3. The molecular formula is C15H13N7S. The summed E-state index contributed by atoms with van der Waals surface area (Å²) in [7, 11) is 0. The second-order valence-electron chi connectivity index (χ2n) is 4.82. The normalized spacial score (nSPS) is 11.0. The van der Waals surface area contributed by atoms with Crippen molar-refractivity contribution in [2.45, 2.75) is 5.03 Å². The highest BCUT2D eigenvalue weighted by molar-refractivity contribution is 7.98. The summed E-state index contributed by atoms with van der Waals surface area (Å²) in [5, 5.41) is 12.3. The van der Waals surface area contributed by atoms with Gasteiger partial charge in [-0.1, -0.05) is 0 Å². The summed E-state index contributed by atoms with van der Waals surface area (Å²) < 4.78 is 1.95. The van der Waals surface area contributed by atoms with Gasteiger partial charge in [-0.2, -0.15) is 5.10 Å². The lowest BCUT2D eigenvalue weighted by Crippen LogP contribution is -1.96. The first-order valence-electron chi connectivity index (χ1n) is 6.93. The Bertz CT molecular complexity index is 928. The molecule has 3 heterocycles.